The molecule has 0 saturated carbocycles. The number of hydrogen-bond acceptors (Lipinski definition) is 4. The zero-order valence-corrected chi connectivity index (χ0v) is 15.2. The third kappa shape index (κ3) is 2.86. The zero-order chi connectivity index (χ0) is 17.4. The SMILES string of the molecule is CCCc1nn(CC(=O)N2CCCCC2)c(=O)c2cc3ccsc3n12. The third-order valence-corrected chi connectivity index (χ3v) is 5.74. The van der Waals surface area contributed by atoms with Gasteiger partial charge in [-0.15, -0.1) is 11.3 Å². The Hall–Kier alpha value is -2.15. The Bertz CT molecular complexity index is 978. The van der Waals surface area contributed by atoms with Crippen LogP contribution in [0, 0.1) is 0 Å². The van der Waals surface area contributed by atoms with Crippen LogP contribution in [0.4, 0.5) is 0 Å². The molecule has 1 aliphatic heterocycles. The van der Waals surface area contributed by atoms with E-state index < -0.39 is 0 Å². The highest BCUT2D eigenvalue weighted by Gasteiger charge is 2.20. The number of fused-ring (bicyclic) bond motifs is 3. The van der Waals surface area contributed by atoms with Gasteiger partial charge in [-0.25, -0.2) is 4.68 Å². The number of thiophene rings is 1. The summed E-state index contributed by atoms with van der Waals surface area (Å²) in [5, 5.41) is 7.64. The van der Waals surface area contributed by atoms with Crippen LogP contribution in [-0.2, 0) is 17.8 Å². The molecule has 7 heteroatoms. The maximum atomic E-state index is 12.9. The summed E-state index contributed by atoms with van der Waals surface area (Å²) in [6, 6.07) is 3.93. The molecule has 0 spiro atoms. The van der Waals surface area contributed by atoms with Gasteiger partial charge in [0.05, 0.1) is 0 Å². The number of nitrogens with zero attached hydrogens (tertiary/aromatic N) is 4. The highest BCUT2D eigenvalue weighted by atomic mass is 32.1. The van der Waals surface area contributed by atoms with Gasteiger partial charge in [-0.1, -0.05) is 6.92 Å². The molecular weight excluding hydrogens is 336 g/mol. The van der Waals surface area contributed by atoms with E-state index in [1.165, 1.54) is 11.1 Å². The molecule has 0 aliphatic carbocycles. The summed E-state index contributed by atoms with van der Waals surface area (Å²) in [6.45, 7) is 3.71. The molecule has 132 valence electrons. The number of aromatic nitrogens is 3. The van der Waals surface area contributed by atoms with Crippen LogP contribution in [-0.4, -0.2) is 38.1 Å². The van der Waals surface area contributed by atoms with Crippen LogP contribution in [0.2, 0.25) is 0 Å². The topological polar surface area (TPSA) is 59.6 Å². The van der Waals surface area contributed by atoms with Crippen molar-refractivity contribution < 1.29 is 4.79 Å². The first-order chi connectivity index (χ1) is 12.2. The molecule has 25 heavy (non-hydrogen) atoms. The molecule has 1 saturated heterocycles. The van der Waals surface area contributed by atoms with Gasteiger partial charge in [0.1, 0.15) is 22.7 Å². The van der Waals surface area contributed by atoms with Crippen molar-refractivity contribution in [3.63, 3.8) is 0 Å². The smallest absolute Gasteiger partial charge is 0.291 e. The predicted octanol–water partition coefficient (Wildman–Crippen LogP) is 2.68. The number of carbonyl (C=O) groups excluding carboxylic acids is 1. The lowest BCUT2D eigenvalue weighted by Gasteiger charge is -2.26. The lowest BCUT2D eigenvalue weighted by molar-refractivity contribution is -0.133. The summed E-state index contributed by atoms with van der Waals surface area (Å²) in [5.41, 5.74) is 0.431. The molecule has 1 fully saturated rings. The standard InChI is InChI=1S/C18H22N4O2S/c1-2-6-15-19-21(12-16(23)20-8-4-3-5-9-20)17(24)14-11-13-7-10-25-18(13)22(14)15/h7,10-11H,2-6,8-9,12H2,1H3. The van der Waals surface area contributed by atoms with Crippen LogP contribution in [0.15, 0.2) is 22.3 Å². The first-order valence-corrected chi connectivity index (χ1v) is 9.83. The van der Waals surface area contributed by atoms with Crippen molar-refractivity contribution in [3.8, 4) is 0 Å². The fourth-order valence-corrected chi connectivity index (χ4v) is 4.48. The average molecular weight is 358 g/mol. The first kappa shape index (κ1) is 16.3. The monoisotopic (exact) mass is 358 g/mol. The zero-order valence-electron chi connectivity index (χ0n) is 14.4. The van der Waals surface area contributed by atoms with Crippen LogP contribution in [0.1, 0.15) is 38.4 Å². The Morgan fingerprint density at radius 1 is 1.28 bits per heavy atom. The van der Waals surface area contributed by atoms with E-state index in [1.54, 1.807) is 11.3 Å². The molecule has 3 aromatic rings. The largest absolute Gasteiger partial charge is 0.341 e. The van der Waals surface area contributed by atoms with Crippen molar-refractivity contribution in [2.75, 3.05) is 13.1 Å². The Labute approximate surface area is 149 Å². The van der Waals surface area contributed by atoms with Crippen molar-refractivity contribution in [1.82, 2.24) is 19.1 Å². The van der Waals surface area contributed by atoms with Gasteiger partial charge < -0.3 is 4.90 Å². The van der Waals surface area contributed by atoms with Crippen molar-refractivity contribution in [3.05, 3.63) is 33.7 Å². The van der Waals surface area contributed by atoms with Crippen LogP contribution in [0.5, 0.6) is 0 Å². The molecular formula is C18H22N4O2S. The lowest BCUT2D eigenvalue weighted by Crippen LogP contribution is -2.40. The van der Waals surface area contributed by atoms with Crippen LogP contribution >= 0.6 is 11.3 Å². The second-order valence-corrected chi connectivity index (χ2v) is 7.51. The van der Waals surface area contributed by atoms with E-state index in [0.717, 1.165) is 54.8 Å². The van der Waals surface area contributed by atoms with E-state index in [1.807, 2.05) is 26.8 Å². The summed E-state index contributed by atoms with van der Waals surface area (Å²) in [7, 11) is 0. The molecule has 1 aliphatic rings. The molecule has 0 radical (unpaired) electrons. The van der Waals surface area contributed by atoms with Gasteiger partial charge in [0.25, 0.3) is 5.56 Å². The molecule has 4 heterocycles. The Morgan fingerprint density at radius 3 is 2.84 bits per heavy atom. The number of hydrogen-bond donors (Lipinski definition) is 0. The highest BCUT2D eigenvalue weighted by Crippen LogP contribution is 2.25. The average Bonchev–Trinajstić information content (AvgIpc) is 3.21. The van der Waals surface area contributed by atoms with E-state index in [0.29, 0.717) is 5.52 Å². The summed E-state index contributed by atoms with van der Waals surface area (Å²) in [4.78, 5) is 28.4. The molecule has 6 nitrogen and oxygen atoms in total. The maximum absolute atomic E-state index is 12.9. The second-order valence-electron chi connectivity index (χ2n) is 6.62. The fraction of sp³-hybridized carbons (Fsp3) is 0.500. The van der Waals surface area contributed by atoms with Gasteiger partial charge in [0.15, 0.2) is 0 Å². The minimum Gasteiger partial charge on any atom is -0.341 e. The summed E-state index contributed by atoms with van der Waals surface area (Å²) in [6.07, 6.45) is 4.98. The Kier molecular flexibility index (Phi) is 4.33. The van der Waals surface area contributed by atoms with Gasteiger partial charge in [0, 0.05) is 24.9 Å². The molecule has 3 aromatic heterocycles. The van der Waals surface area contributed by atoms with Crippen molar-refractivity contribution in [2.45, 2.75) is 45.6 Å². The van der Waals surface area contributed by atoms with Crippen molar-refractivity contribution in [1.29, 1.82) is 0 Å². The normalized spacial score (nSPS) is 15.3. The Balaban J connectivity index is 1.77. The molecule has 0 atom stereocenters. The number of aryl methyl sites for hydroxylation is 1. The van der Waals surface area contributed by atoms with Crippen molar-refractivity contribution >= 4 is 33.0 Å². The molecule has 0 N–H and O–H groups in total. The number of likely N-dealkylation sites (tertiary alicyclic amines) is 1. The number of rotatable bonds is 4. The van der Waals surface area contributed by atoms with Crippen LogP contribution in [0.25, 0.3) is 15.7 Å². The van der Waals surface area contributed by atoms with E-state index in [9.17, 15) is 9.59 Å². The lowest BCUT2D eigenvalue weighted by atomic mass is 10.1. The third-order valence-electron chi connectivity index (χ3n) is 4.83. The molecule has 0 bridgehead atoms. The van der Waals surface area contributed by atoms with Crippen LogP contribution in [0.3, 0.4) is 0 Å². The van der Waals surface area contributed by atoms with Gasteiger partial charge in [0.2, 0.25) is 5.91 Å². The van der Waals surface area contributed by atoms with Gasteiger partial charge >= 0.3 is 0 Å². The number of amides is 1. The van der Waals surface area contributed by atoms with Gasteiger partial charge in [-0.2, -0.15) is 5.10 Å². The molecule has 1 amide bonds. The first-order valence-electron chi connectivity index (χ1n) is 8.95. The quantitative estimate of drug-likeness (QED) is 0.720. The summed E-state index contributed by atoms with van der Waals surface area (Å²) >= 11 is 1.61. The highest BCUT2D eigenvalue weighted by molar-refractivity contribution is 7.16. The van der Waals surface area contributed by atoms with Gasteiger partial charge in [-0.3, -0.25) is 14.0 Å². The van der Waals surface area contributed by atoms with E-state index in [2.05, 4.69) is 12.0 Å². The minimum absolute atomic E-state index is 0.00512. The molecule has 0 unspecified atom stereocenters. The van der Waals surface area contributed by atoms with Crippen LogP contribution < -0.4 is 5.56 Å². The Morgan fingerprint density at radius 2 is 2.08 bits per heavy atom. The van der Waals surface area contributed by atoms with Gasteiger partial charge in [-0.05, 0) is 43.2 Å². The minimum atomic E-state index is -0.186. The number of carbonyl (C=O) groups is 1. The second kappa shape index (κ2) is 6.63. The maximum Gasteiger partial charge on any atom is 0.291 e. The summed E-state index contributed by atoms with van der Waals surface area (Å²) in [5.74, 6) is 0.843. The van der Waals surface area contributed by atoms with E-state index >= 15 is 0 Å². The fourth-order valence-electron chi connectivity index (χ4n) is 3.56. The van der Waals surface area contributed by atoms with E-state index in [4.69, 9.17) is 0 Å². The predicted molar refractivity (Wildman–Crippen MR) is 99.3 cm³/mol. The molecule has 4 rings (SSSR count). The summed E-state index contributed by atoms with van der Waals surface area (Å²) < 4.78 is 3.33. The van der Waals surface area contributed by atoms with Crippen molar-refractivity contribution in [2.24, 2.45) is 0 Å². The van der Waals surface area contributed by atoms with E-state index in [-0.39, 0.29) is 18.0 Å². The number of piperidine rings is 1. The molecule has 0 aromatic carbocycles.